The summed E-state index contributed by atoms with van der Waals surface area (Å²) in [5.74, 6) is 0. The highest BCUT2D eigenvalue weighted by molar-refractivity contribution is 4.87. The fourth-order valence-electron chi connectivity index (χ4n) is 1.24. The van der Waals surface area contributed by atoms with Crippen LogP contribution in [0.25, 0.3) is 0 Å². The van der Waals surface area contributed by atoms with Gasteiger partial charge in [-0.25, -0.2) is 0 Å². The average molecular weight is 158 g/mol. The molecule has 1 aliphatic rings. The van der Waals surface area contributed by atoms with Crippen LogP contribution in [0.15, 0.2) is 0 Å². The Hall–Kier alpha value is -0.120. The lowest BCUT2D eigenvalue weighted by Crippen LogP contribution is -2.50. The predicted molar refractivity (Wildman–Crippen MR) is 45.5 cm³/mol. The zero-order chi connectivity index (χ0) is 8.27. The Balaban J connectivity index is 1.96. The molecule has 0 radical (unpaired) electrons. The highest BCUT2D eigenvalue weighted by atomic mass is 16.5. The van der Waals surface area contributed by atoms with Gasteiger partial charge in [0.25, 0.3) is 0 Å². The first-order valence-electron chi connectivity index (χ1n) is 4.24. The number of hydrogen-bond donors (Lipinski definition) is 2. The van der Waals surface area contributed by atoms with E-state index in [1.807, 2.05) is 0 Å². The highest BCUT2D eigenvalue weighted by Crippen LogP contribution is 2.16. The molecule has 0 amide bonds. The van der Waals surface area contributed by atoms with Crippen LogP contribution in [0.5, 0.6) is 0 Å². The summed E-state index contributed by atoms with van der Waals surface area (Å²) >= 11 is 0. The highest BCUT2D eigenvalue weighted by Gasteiger charge is 2.25. The Morgan fingerprint density at radius 2 is 2.27 bits per heavy atom. The van der Waals surface area contributed by atoms with Gasteiger partial charge < -0.3 is 15.8 Å². The third kappa shape index (κ3) is 2.77. The van der Waals surface area contributed by atoms with Gasteiger partial charge in [-0.2, -0.15) is 0 Å². The average Bonchev–Trinajstić information content (AvgIpc) is 1.95. The van der Waals surface area contributed by atoms with Gasteiger partial charge in [-0.15, -0.1) is 0 Å². The number of ether oxygens (including phenoxy) is 1. The molecule has 0 aromatic rings. The second-order valence-corrected chi connectivity index (χ2v) is 3.38. The standard InChI is InChI=1S/C8H18N2O/c1-6(11-2)5-10-8-3-7(9)4-8/h6-8,10H,3-5,9H2,1-2H3. The summed E-state index contributed by atoms with van der Waals surface area (Å²) < 4.78 is 5.10. The molecule has 3 nitrogen and oxygen atoms in total. The molecule has 3 N–H and O–H groups in total. The van der Waals surface area contributed by atoms with Crippen molar-refractivity contribution in [1.29, 1.82) is 0 Å². The quantitative estimate of drug-likeness (QED) is 0.610. The molecule has 11 heavy (non-hydrogen) atoms. The van der Waals surface area contributed by atoms with Crippen molar-refractivity contribution in [1.82, 2.24) is 5.32 Å². The summed E-state index contributed by atoms with van der Waals surface area (Å²) in [4.78, 5) is 0. The molecule has 0 aromatic carbocycles. The molecule has 1 rings (SSSR count). The number of nitrogens with two attached hydrogens (primary N) is 1. The molecule has 1 unspecified atom stereocenters. The third-order valence-electron chi connectivity index (χ3n) is 2.27. The third-order valence-corrected chi connectivity index (χ3v) is 2.27. The van der Waals surface area contributed by atoms with E-state index in [9.17, 15) is 0 Å². The molecule has 3 heteroatoms. The maximum absolute atomic E-state index is 5.64. The normalized spacial score (nSPS) is 33.0. The Kier molecular flexibility index (Phi) is 3.30. The van der Waals surface area contributed by atoms with Gasteiger partial charge in [0.2, 0.25) is 0 Å². The fraction of sp³-hybridized carbons (Fsp3) is 1.00. The van der Waals surface area contributed by atoms with Crippen molar-refractivity contribution in [3.8, 4) is 0 Å². The Morgan fingerprint density at radius 3 is 2.73 bits per heavy atom. The van der Waals surface area contributed by atoms with Crippen molar-refractivity contribution >= 4 is 0 Å². The van der Waals surface area contributed by atoms with Gasteiger partial charge in [0.05, 0.1) is 6.10 Å². The number of nitrogens with one attached hydrogen (secondary N) is 1. The van der Waals surface area contributed by atoms with Crippen molar-refractivity contribution in [2.45, 2.75) is 38.0 Å². The molecule has 0 spiro atoms. The molecule has 0 heterocycles. The van der Waals surface area contributed by atoms with Crippen LogP contribution in [-0.2, 0) is 4.74 Å². The largest absolute Gasteiger partial charge is 0.380 e. The lowest BCUT2D eigenvalue weighted by atomic mass is 9.87. The first-order valence-corrected chi connectivity index (χ1v) is 4.24. The maximum Gasteiger partial charge on any atom is 0.0667 e. The van der Waals surface area contributed by atoms with Crippen molar-refractivity contribution < 1.29 is 4.74 Å². The van der Waals surface area contributed by atoms with Gasteiger partial charge in [-0.1, -0.05) is 0 Å². The first kappa shape index (κ1) is 8.97. The van der Waals surface area contributed by atoms with Gasteiger partial charge in [-0.05, 0) is 19.8 Å². The van der Waals surface area contributed by atoms with Gasteiger partial charge in [0, 0.05) is 25.7 Å². The van der Waals surface area contributed by atoms with Crippen LogP contribution in [0.3, 0.4) is 0 Å². The van der Waals surface area contributed by atoms with Gasteiger partial charge in [0.1, 0.15) is 0 Å². The molecule has 1 atom stereocenters. The molecule has 0 aliphatic heterocycles. The van der Waals surface area contributed by atoms with E-state index in [4.69, 9.17) is 10.5 Å². The zero-order valence-electron chi connectivity index (χ0n) is 7.34. The van der Waals surface area contributed by atoms with Crippen LogP contribution in [0.1, 0.15) is 19.8 Å². The van der Waals surface area contributed by atoms with Crippen molar-refractivity contribution in [3.05, 3.63) is 0 Å². The minimum Gasteiger partial charge on any atom is -0.380 e. The van der Waals surface area contributed by atoms with Crippen LogP contribution >= 0.6 is 0 Å². The maximum atomic E-state index is 5.64. The Labute approximate surface area is 68.3 Å². The van der Waals surface area contributed by atoms with Gasteiger partial charge in [0.15, 0.2) is 0 Å². The summed E-state index contributed by atoms with van der Waals surface area (Å²) in [7, 11) is 1.73. The Morgan fingerprint density at radius 1 is 1.64 bits per heavy atom. The fourth-order valence-corrected chi connectivity index (χ4v) is 1.24. The smallest absolute Gasteiger partial charge is 0.0667 e. The topological polar surface area (TPSA) is 47.3 Å². The van der Waals surface area contributed by atoms with Crippen LogP contribution in [-0.4, -0.2) is 31.8 Å². The van der Waals surface area contributed by atoms with Crippen LogP contribution in [0, 0.1) is 0 Å². The van der Waals surface area contributed by atoms with E-state index >= 15 is 0 Å². The van der Waals surface area contributed by atoms with E-state index in [1.54, 1.807) is 7.11 Å². The van der Waals surface area contributed by atoms with Crippen molar-refractivity contribution in [2.75, 3.05) is 13.7 Å². The second kappa shape index (κ2) is 4.04. The second-order valence-electron chi connectivity index (χ2n) is 3.38. The Bertz CT molecular complexity index is 113. The summed E-state index contributed by atoms with van der Waals surface area (Å²) in [6.45, 7) is 3.00. The van der Waals surface area contributed by atoms with E-state index in [0.29, 0.717) is 18.2 Å². The van der Waals surface area contributed by atoms with E-state index in [1.165, 1.54) is 0 Å². The monoisotopic (exact) mass is 158 g/mol. The molecule has 0 bridgehead atoms. The van der Waals surface area contributed by atoms with Crippen molar-refractivity contribution in [2.24, 2.45) is 5.73 Å². The first-order chi connectivity index (χ1) is 5.22. The van der Waals surface area contributed by atoms with Gasteiger partial charge in [-0.3, -0.25) is 0 Å². The molecule has 1 fully saturated rings. The lowest BCUT2D eigenvalue weighted by Gasteiger charge is -2.33. The molecule has 66 valence electrons. The molecule has 1 saturated carbocycles. The number of hydrogen-bond acceptors (Lipinski definition) is 3. The van der Waals surface area contributed by atoms with E-state index in [-0.39, 0.29) is 0 Å². The molecule has 1 aliphatic carbocycles. The SMILES string of the molecule is COC(C)CNC1CC(N)C1. The summed E-state index contributed by atoms with van der Waals surface area (Å²) in [6, 6.07) is 1.08. The zero-order valence-corrected chi connectivity index (χ0v) is 7.34. The van der Waals surface area contributed by atoms with Crippen molar-refractivity contribution in [3.63, 3.8) is 0 Å². The summed E-state index contributed by atoms with van der Waals surface area (Å²) in [6.07, 6.45) is 2.55. The van der Waals surface area contributed by atoms with Crippen LogP contribution in [0.2, 0.25) is 0 Å². The van der Waals surface area contributed by atoms with E-state index in [0.717, 1.165) is 19.4 Å². The summed E-state index contributed by atoms with van der Waals surface area (Å²) in [5.41, 5.74) is 5.64. The molecule has 0 aromatic heterocycles. The minimum atomic E-state index is 0.312. The number of rotatable bonds is 4. The molecular weight excluding hydrogens is 140 g/mol. The minimum absolute atomic E-state index is 0.312. The van der Waals surface area contributed by atoms with Crippen LogP contribution in [0.4, 0.5) is 0 Å². The van der Waals surface area contributed by atoms with Crippen LogP contribution < -0.4 is 11.1 Å². The summed E-state index contributed by atoms with van der Waals surface area (Å²) in [5, 5.41) is 3.40. The van der Waals surface area contributed by atoms with E-state index < -0.39 is 0 Å². The van der Waals surface area contributed by atoms with E-state index in [2.05, 4.69) is 12.2 Å². The molecular formula is C8H18N2O. The molecule has 0 saturated heterocycles. The number of methoxy groups -OCH3 is 1. The predicted octanol–water partition coefficient (Wildman–Crippen LogP) is 0.101. The lowest BCUT2D eigenvalue weighted by molar-refractivity contribution is 0.108. The van der Waals surface area contributed by atoms with Gasteiger partial charge >= 0.3 is 0 Å².